The first-order valence-corrected chi connectivity index (χ1v) is 9.99. The van der Waals surface area contributed by atoms with E-state index < -0.39 is 0 Å². The zero-order chi connectivity index (χ0) is 20.1. The number of carbonyl (C=O) groups is 1. The summed E-state index contributed by atoms with van der Waals surface area (Å²) >= 11 is 0. The summed E-state index contributed by atoms with van der Waals surface area (Å²) in [6, 6.07) is 11.3. The van der Waals surface area contributed by atoms with Crippen LogP contribution in [0.4, 0.5) is 5.69 Å². The number of rotatable bonds is 5. The van der Waals surface area contributed by atoms with Gasteiger partial charge in [-0.15, -0.1) is 10.2 Å². The lowest BCUT2D eigenvalue weighted by atomic mass is 10.1. The lowest BCUT2D eigenvalue weighted by Gasteiger charge is -2.33. The number of likely N-dealkylation sites (tertiary alicyclic amines) is 1. The number of morpholine rings is 1. The molecule has 3 heterocycles. The molecule has 8 nitrogen and oxygen atoms in total. The number of hydrogen-bond donors (Lipinski definition) is 0. The lowest BCUT2D eigenvalue weighted by Crippen LogP contribution is -2.44. The summed E-state index contributed by atoms with van der Waals surface area (Å²) in [5.41, 5.74) is 1.83. The van der Waals surface area contributed by atoms with Gasteiger partial charge in [0.1, 0.15) is 6.10 Å². The number of nitrogens with zero attached hydrogens (tertiary/aromatic N) is 4. The number of piperidine rings is 1. The molecule has 0 radical (unpaired) electrons. The van der Waals surface area contributed by atoms with Gasteiger partial charge in [-0.05, 0) is 37.1 Å². The van der Waals surface area contributed by atoms with E-state index in [0.29, 0.717) is 23.9 Å². The van der Waals surface area contributed by atoms with Gasteiger partial charge in [-0.3, -0.25) is 4.79 Å². The highest BCUT2D eigenvalue weighted by Crippen LogP contribution is 2.21. The first-order valence-electron chi connectivity index (χ1n) is 9.99. The fourth-order valence-electron chi connectivity index (χ4n) is 3.69. The summed E-state index contributed by atoms with van der Waals surface area (Å²) in [4.78, 5) is 17.1. The maximum atomic E-state index is 13.0. The zero-order valence-electron chi connectivity index (χ0n) is 16.6. The van der Waals surface area contributed by atoms with E-state index in [1.807, 2.05) is 29.2 Å². The van der Waals surface area contributed by atoms with Crippen LogP contribution in [0.25, 0.3) is 0 Å². The van der Waals surface area contributed by atoms with Crippen molar-refractivity contribution in [2.45, 2.75) is 18.9 Å². The number of ether oxygens (including phenoxy) is 3. The van der Waals surface area contributed by atoms with Gasteiger partial charge in [0.25, 0.3) is 5.91 Å². The van der Waals surface area contributed by atoms with E-state index in [9.17, 15) is 4.79 Å². The minimum absolute atomic E-state index is 0.0349. The van der Waals surface area contributed by atoms with Crippen LogP contribution < -0.4 is 14.4 Å². The molecule has 1 aromatic heterocycles. The third-order valence-electron chi connectivity index (χ3n) is 5.27. The van der Waals surface area contributed by atoms with Crippen molar-refractivity contribution >= 4 is 11.6 Å². The molecule has 2 aliphatic rings. The van der Waals surface area contributed by atoms with Gasteiger partial charge < -0.3 is 24.0 Å². The van der Waals surface area contributed by atoms with Crippen LogP contribution in [0.3, 0.4) is 0 Å². The quantitative estimate of drug-likeness (QED) is 0.762. The van der Waals surface area contributed by atoms with Crippen LogP contribution in [0.2, 0.25) is 0 Å². The maximum absolute atomic E-state index is 13.0. The fraction of sp³-hybridized carbons (Fsp3) is 0.476. The predicted octanol–water partition coefficient (Wildman–Crippen LogP) is 2.01. The molecular weight excluding hydrogens is 372 g/mol. The minimum Gasteiger partial charge on any atom is -0.480 e. The molecule has 8 heteroatoms. The van der Waals surface area contributed by atoms with Gasteiger partial charge in [-0.2, -0.15) is 0 Å². The Bertz CT molecular complexity index is 806. The van der Waals surface area contributed by atoms with Crippen molar-refractivity contribution in [3.05, 3.63) is 42.0 Å². The van der Waals surface area contributed by atoms with E-state index >= 15 is 0 Å². The van der Waals surface area contributed by atoms with Crippen molar-refractivity contribution < 1.29 is 19.0 Å². The van der Waals surface area contributed by atoms with E-state index in [1.54, 1.807) is 19.2 Å². The molecule has 2 saturated heterocycles. The number of amides is 1. The van der Waals surface area contributed by atoms with Crippen LogP contribution in [-0.2, 0) is 4.74 Å². The average Bonchev–Trinajstić information content (AvgIpc) is 2.80. The largest absolute Gasteiger partial charge is 0.480 e. The highest BCUT2D eigenvalue weighted by atomic mass is 16.5. The third kappa shape index (κ3) is 4.76. The van der Waals surface area contributed by atoms with Crippen molar-refractivity contribution in [3.8, 4) is 11.8 Å². The molecule has 1 amide bonds. The van der Waals surface area contributed by atoms with Crippen LogP contribution >= 0.6 is 0 Å². The Morgan fingerprint density at radius 1 is 1.03 bits per heavy atom. The van der Waals surface area contributed by atoms with E-state index in [0.717, 1.165) is 51.4 Å². The summed E-state index contributed by atoms with van der Waals surface area (Å²) in [5, 5.41) is 7.93. The Balaban J connectivity index is 1.36. The van der Waals surface area contributed by atoms with Crippen LogP contribution in [0.15, 0.2) is 36.4 Å². The Kier molecular flexibility index (Phi) is 6.09. The van der Waals surface area contributed by atoms with Gasteiger partial charge in [0, 0.05) is 43.0 Å². The van der Waals surface area contributed by atoms with Crippen LogP contribution in [-0.4, -0.2) is 73.6 Å². The minimum atomic E-state index is -0.0944. The second kappa shape index (κ2) is 9.09. The summed E-state index contributed by atoms with van der Waals surface area (Å²) in [6.07, 6.45) is 1.68. The molecule has 4 rings (SSSR count). The molecule has 29 heavy (non-hydrogen) atoms. The van der Waals surface area contributed by atoms with Gasteiger partial charge in [0.2, 0.25) is 11.8 Å². The molecule has 154 valence electrons. The first kappa shape index (κ1) is 19.4. The van der Waals surface area contributed by atoms with Crippen LogP contribution in [0, 0.1) is 0 Å². The predicted molar refractivity (Wildman–Crippen MR) is 108 cm³/mol. The number of hydrogen-bond acceptors (Lipinski definition) is 7. The standard InChI is InChI=1S/C21H26N4O4/c1-27-19-8-9-20(23-22-19)29-18-3-2-10-25(15-18)21(26)16-4-6-17(7-5-16)24-11-13-28-14-12-24/h4-9,18H,2-3,10-15H2,1H3. The second-order valence-corrected chi connectivity index (χ2v) is 7.19. The van der Waals surface area contributed by atoms with Gasteiger partial charge in [0.05, 0.1) is 26.9 Å². The summed E-state index contributed by atoms with van der Waals surface area (Å²) in [7, 11) is 1.54. The summed E-state index contributed by atoms with van der Waals surface area (Å²) in [6.45, 7) is 4.53. The van der Waals surface area contributed by atoms with E-state index in [4.69, 9.17) is 14.2 Å². The van der Waals surface area contributed by atoms with Crippen molar-refractivity contribution in [1.82, 2.24) is 15.1 Å². The Hall–Kier alpha value is -2.87. The molecule has 0 N–H and O–H groups in total. The Labute approximate surface area is 170 Å². The van der Waals surface area contributed by atoms with Crippen molar-refractivity contribution in [2.24, 2.45) is 0 Å². The molecule has 1 unspecified atom stereocenters. The highest BCUT2D eigenvalue weighted by Gasteiger charge is 2.26. The highest BCUT2D eigenvalue weighted by molar-refractivity contribution is 5.94. The van der Waals surface area contributed by atoms with Crippen molar-refractivity contribution in [2.75, 3.05) is 51.4 Å². The van der Waals surface area contributed by atoms with Gasteiger partial charge in [-0.1, -0.05) is 0 Å². The smallest absolute Gasteiger partial charge is 0.253 e. The van der Waals surface area contributed by atoms with Gasteiger partial charge in [0.15, 0.2) is 0 Å². The van der Waals surface area contributed by atoms with Gasteiger partial charge >= 0.3 is 0 Å². The molecule has 0 aliphatic carbocycles. The second-order valence-electron chi connectivity index (χ2n) is 7.19. The zero-order valence-corrected chi connectivity index (χ0v) is 16.6. The summed E-state index contributed by atoms with van der Waals surface area (Å²) in [5.74, 6) is 0.922. The average molecular weight is 398 g/mol. The number of methoxy groups -OCH3 is 1. The normalized spacial score (nSPS) is 19.7. The van der Waals surface area contributed by atoms with Crippen molar-refractivity contribution in [3.63, 3.8) is 0 Å². The molecule has 2 aliphatic heterocycles. The molecule has 0 saturated carbocycles. The molecule has 2 fully saturated rings. The first-order chi connectivity index (χ1) is 14.2. The molecule has 0 spiro atoms. The third-order valence-corrected chi connectivity index (χ3v) is 5.27. The SMILES string of the molecule is COc1ccc(OC2CCCN(C(=O)c3ccc(N4CCOCC4)cc3)C2)nn1. The lowest BCUT2D eigenvalue weighted by molar-refractivity contribution is 0.0525. The number of anilines is 1. The maximum Gasteiger partial charge on any atom is 0.253 e. The monoisotopic (exact) mass is 398 g/mol. The van der Waals surface area contributed by atoms with E-state index in [2.05, 4.69) is 15.1 Å². The molecule has 2 aromatic rings. The Morgan fingerprint density at radius 2 is 1.76 bits per heavy atom. The molecular formula is C21H26N4O4. The topological polar surface area (TPSA) is 77.0 Å². The number of benzene rings is 1. The molecule has 1 atom stereocenters. The van der Waals surface area contributed by atoms with Crippen LogP contribution in [0.5, 0.6) is 11.8 Å². The molecule has 0 bridgehead atoms. The van der Waals surface area contributed by atoms with Crippen LogP contribution in [0.1, 0.15) is 23.2 Å². The van der Waals surface area contributed by atoms with Gasteiger partial charge in [-0.25, -0.2) is 0 Å². The van der Waals surface area contributed by atoms with Crippen molar-refractivity contribution in [1.29, 1.82) is 0 Å². The molecule has 1 aromatic carbocycles. The fourth-order valence-corrected chi connectivity index (χ4v) is 3.69. The number of carbonyl (C=O) groups excluding carboxylic acids is 1. The number of aromatic nitrogens is 2. The van der Waals surface area contributed by atoms with E-state index in [-0.39, 0.29) is 12.0 Å². The Morgan fingerprint density at radius 3 is 2.45 bits per heavy atom. The van der Waals surface area contributed by atoms with E-state index in [1.165, 1.54) is 0 Å². The summed E-state index contributed by atoms with van der Waals surface area (Å²) < 4.78 is 16.3.